The zero-order valence-electron chi connectivity index (χ0n) is 14.3. The van der Waals surface area contributed by atoms with Gasteiger partial charge in [-0.1, -0.05) is 42.0 Å². The van der Waals surface area contributed by atoms with Gasteiger partial charge in [0.05, 0.1) is 6.04 Å². The van der Waals surface area contributed by atoms with E-state index in [4.69, 9.17) is 5.73 Å². The van der Waals surface area contributed by atoms with Crippen LogP contribution in [0.5, 0.6) is 0 Å². The van der Waals surface area contributed by atoms with Gasteiger partial charge in [0.2, 0.25) is 0 Å². The van der Waals surface area contributed by atoms with E-state index in [1.165, 1.54) is 5.56 Å². The first kappa shape index (κ1) is 17.0. The van der Waals surface area contributed by atoms with Crippen LogP contribution in [0.1, 0.15) is 45.9 Å². The number of nitrogens with two attached hydrogens (primary N) is 1. The van der Waals surface area contributed by atoms with E-state index in [9.17, 15) is 9.59 Å². The largest absolute Gasteiger partial charge is 0.352 e. The number of rotatable bonds is 6. The van der Waals surface area contributed by atoms with Gasteiger partial charge in [0.25, 0.3) is 5.91 Å². The number of primary amides is 1. The second-order valence-corrected chi connectivity index (χ2v) is 6.61. The number of nitrogens with one attached hydrogen (secondary N) is 2. The predicted octanol–water partition coefficient (Wildman–Crippen LogP) is 3.04. The zero-order valence-corrected chi connectivity index (χ0v) is 14.3. The second kappa shape index (κ2) is 7.38. The van der Waals surface area contributed by atoms with Crippen molar-refractivity contribution < 1.29 is 9.59 Å². The molecule has 0 aliphatic heterocycles. The van der Waals surface area contributed by atoms with Crippen molar-refractivity contribution in [3.8, 4) is 0 Å². The number of hydrogen-bond donors (Lipinski definition) is 3. The van der Waals surface area contributed by atoms with E-state index in [1.54, 1.807) is 12.1 Å². The fourth-order valence-corrected chi connectivity index (χ4v) is 2.86. The van der Waals surface area contributed by atoms with E-state index in [0.717, 1.165) is 24.0 Å². The van der Waals surface area contributed by atoms with E-state index in [0.29, 0.717) is 18.0 Å². The van der Waals surface area contributed by atoms with Crippen LogP contribution in [0.15, 0.2) is 48.5 Å². The summed E-state index contributed by atoms with van der Waals surface area (Å²) in [5, 5.41) is 5.70. The Kier molecular flexibility index (Phi) is 5.03. The third kappa shape index (κ3) is 4.59. The van der Waals surface area contributed by atoms with Crippen molar-refractivity contribution in [3.05, 3.63) is 70.8 Å². The first-order valence-electron chi connectivity index (χ1n) is 8.52. The molecule has 0 heterocycles. The summed E-state index contributed by atoms with van der Waals surface area (Å²) in [6, 6.07) is 15.0. The Hall–Kier alpha value is -2.82. The summed E-state index contributed by atoms with van der Waals surface area (Å²) in [6.45, 7) is 2.41. The number of aryl methyl sites for hydroxylation is 1. The highest BCUT2D eigenvalue weighted by Gasteiger charge is 2.33. The maximum Gasteiger partial charge on any atom is 0.312 e. The van der Waals surface area contributed by atoms with Crippen molar-refractivity contribution in [2.24, 2.45) is 11.7 Å². The van der Waals surface area contributed by atoms with Crippen molar-refractivity contribution >= 4 is 11.9 Å². The van der Waals surface area contributed by atoms with Gasteiger partial charge in [-0.05, 0) is 48.9 Å². The number of amides is 3. The molecule has 0 bridgehead atoms. The third-order valence-electron chi connectivity index (χ3n) is 4.50. The van der Waals surface area contributed by atoms with Crippen LogP contribution >= 0.6 is 0 Å². The summed E-state index contributed by atoms with van der Waals surface area (Å²) in [6.07, 6.45) is 2.30. The maximum absolute atomic E-state index is 12.6. The molecule has 0 radical (unpaired) electrons. The molecule has 0 aromatic heterocycles. The average molecular weight is 337 g/mol. The molecular formula is C20H23N3O2. The number of carbonyl (C=O) groups is 2. The Labute approximate surface area is 147 Å². The molecule has 5 heteroatoms. The number of benzene rings is 2. The fourth-order valence-electron chi connectivity index (χ4n) is 2.86. The first-order chi connectivity index (χ1) is 12.0. The minimum absolute atomic E-state index is 0.0595. The lowest BCUT2D eigenvalue weighted by atomic mass is 10.0. The van der Waals surface area contributed by atoms with Gasteiger partial charge in [0, 0.05) is 12.1 Å². The van der Waals surface area contributed by atoms with Gasteiger partial charge in [0.15, 0.2) is 0 Å². The Morgan fingerprint density at radius 3 is 2.28 bits per heavy atom. The van der Waals surface area contributed by atoms with Crippen molar-refractivity contribution in [3.63, 3.8) is 0 Å². The standard InChI is InChI=1S/C20H23N3O2/c1-13-2-6-15(7-3-13)18(16-10-11-16)23-19(24)17-8-4-14(5-9-17)12-22-20(21)25/h2-9,16,18H,10-12H2,1H3,(H,23,24)(H3,21,22,25). The summed E-state index contributed by atoms with van der Waals surface area (Å²) in [4.78, 5) is 23.3. The Morgan fingerprint density at radius 2 is 1.72 bits per heavy atom. The predicted molar refractivity (Wildman–Crippen MR) is 97.0 cm³/mol. The second-order valence-electron chi connectivity index (χ2n) is 6.61. The van der Waals surface area contributed by atoms with Crippen LogP contribution in [0.3, 0.4) is 0 Å². The number of urea groups is 1. The molecule has 3 rings (SSSR count). The lowest BCUT2D eigenvalue weighted by Gasteiger charge is -2.19. The Bertz CT molecular complexity index is 750. The van der Waals surface area contributed by atoms with Crippen LogP contribution in [-0.2, 0) is 6.54 Å². The van der Waals surface area contributed by atoms with Gasteiger partial charge in [-0.25, -0.2) is 4.79 Å². The lowest BCUT2D eigenvalue weighted by Crippen LogP contribution is -2.30. The number of hydrogen-bond acceptors (Lipinski definition) is 2. The van der Waals surface area contributed by atoms with E-state index < -0.39 is 6.03 Å². The molecule has 1 aliphatic rings. The molecule has 0 spiro atoms. The smallest absolute Gasteiger partial charge is 0.312 e. The molecule has 1 fully saturated rings. The molecule has 1 atom stereocenters. The summed E-state index contributed by atoms with van der Waals surface area (Å²) < 4.78 is 0. The minimum Gasteiger partial charge on any atom is -0.352 e. The fraction of sp³-hybridized carbons (Fsp3) is 0.300. The van der Waals surface area contributed by atoms with E-state index >= 15 is 0 Å². The number of carbonyl (C=O) groups excluding carboxylic acids is 2. The van der Waals surface area contributed by atoms with Gasteiger partial charge >= 0.3 is 6.03 Å². The summed E-state index contributed by atoms with van der Waals surface area (Å²) in [5.74, 6) is 0.442. The van der Waals surface area contributed by atoms with Gasteiger partial charge in [0.1, 0.15) is 0 Å². The topological polar surface area (TPSA) is 84.2 Å². The quantitative estimate of drug-likeness (QED) is 0.757. The van der Waals surface area contributed by atoms with Crippen molar-refractivity contribution in [1.82, 2.24) is 10.6 Å². The molecule has 25 heavy (non-hydrogen) atoms. The third-order valence-corrected chi connectivity index (χ3v) is 4.50. The lowest BCUT2D eigenvalue weighted by molar-refractivity contribution is 0.0931. The average Bonchev–Trinajstić information content (AvgIpc) is 3.44. The molecule has 4 N–H and O–H groups in total. The van der Waals surface area contributed by atoms with E-state index in [2.05, 4.69) is 41.8 Å². The summed E-state index contributed by atoms with van der Waals surface area (Å²) >= 11 is 0. The SMILES string of the molecule is Cc1ccc(C(NC(=O)c2ccc(CNC(N)=O)cc2)C2CC2)cc1. The Morgan fingerprint density at radius 1 is 1.08 bits per heavy atom. The minimum atomic E-state index is -0.563. The van der Waals surface area contributed by atoms with Gasteiger partial charge < -0.3 is 16.4 Å². The Balaban J connectivity index is 1.67. The van der Waals surface area contributed by atoms with Crippen molar-refractivity contribution in [1.29, 1.82) is 0 Å². The van der Waals surface area contributed by atoms with E-state index in [-0.39, 0.29) is 11.9 Å². The van der Waals surface area contributed by atoms with Crippen LogP contribution in [0.2, 0.25) is 0 Å². The molecule has 2 aromatic rings. The van der Waals surface area contributed by atoms with Crippen LogP contribution in [-0.4, -0.2) is 11.9 Å². The molecule has 2 aromatic carbocycles. The van der Waals surface area contributed by atoms with Crippen LogP contribution in [0, 0.1) is 12.8 Å². The molecule has 0 saturated heterocycles. The monoisotopic (exact) mass is 337 g/mol. The molecule has 1 saturated carbocycles. The highest BCUT2D eigenvalue weighted by atomic mass is 16.2. The van der Waals surface area contributed by atoms with Crippen LogP contribution < -0.4 is 16.4 Å². The van der Waals surface area contributed by atoms with Gasteiger partial charge in [-0.2, -0.15) is 0 Å². The van der Waals surface area contributed by atoms with Crippen LogP contribution in [0.25, 0.3) is 0 Å². The molecule has 5 nitrogen and oxygen atoms in total. The maximum atomic E-state index is 12.6. The van der Waals surface area contributed by atoms with Gasteiger partial charge in [-0.15, -0.1) is 0 Å². The van der Waals surface area contributed by atoms with Crippen LogP contribution in [0.4, 0.5) is 4.79 Å². The highest BCUT2D eigenvalue weighted by molar-refractivity contribution is 5.94. The summed E-state index contributed by atoms with van der Waals surface area (Å²) in [7, 11) is 0. The molecule has 130 valence electrons. The molecule has 1 aliphatic carbocycles. The van der Waals surface area contributed by atoms with Crippen molar-refractivity contribution in [2.45, 2.75) is 32.4 Å². The molecule has 3 amide bonds. The van der Waals surface area contributed by atoms with Crippen molar-refractivity contribution in [2.75, 3.05) is 0 Å². The molecule has 1 unspecified atom stereocenters. The normalized spacial score (nSPS) is 14.6. The van der Waals surface area contributed by atoms with Gasteiger partial charge in [-0.3, -0.25) is 4.79 Å². The van der Waals surface area contributed by atoms with E-state index in [1.807, 2.05) is 12.1 Å². The summed E-state index contributed by atoms with van der Waals surface area (Å²) in [5.41, 5.74) is 8.93. The highest BCUT2D eigenvalue weighted by Crippen LogP contribution is 2.41. The zero-order chi connectivity index (χ0) is 17.8. The molecular weight excluding hydrogens is 314 g/mol. The first-order valence-corrected chi connectivity index (χ1v) is 8.52.